The van der Waals surface area contributed by atoms with Gasteiger partial charge in [-0.3, -0.25) is 14.5 Å². The maximum absolute atomic E-state index is 12.8. The van der Waals surface area contributed by atoms with E-state index in [9.17, 15) is 31.5 Å². The van der Waals surface area contributed by atoms with Crippen molar-refractivity contribution in [2.24, 2.45) is 11.1 Å². The molecular weight excluding hydrogens is 571 g/mol. The highest BCUT2D eigenvalue weighted by Crippen LogP contribution is 2.46. The zero-order chi connectivity index (χ0) is 31.4. The summed E-state index contributed by atoms with van der Waals surface area (Å²) in [6.45, 7) is 0.419. The number of nitrogens with two attached hydrogens (primary N) is 1. The number of ether oxygens (including phenoxy) is 1. The van der Waals surface area contributed by atoms with E-state index in [1.807, 2.05) is 18.2 Å². The molecule has 3 aromatic carbocycles. The summed E-state index contributed by atoms with van der Waals surface area (Å²) in [7, 11) is 0. The van der Waals surface area contributed by atoms with Crippen molar-refractivity contribution in [3.63, 3.8) is 0 Å². The van der Waals surface area contributed by atoms with Crippen LogP contribution in [0.15, 0.2) is 54.6 Å². The van der Waals surface area contributed by atoms with E-state index in [4.69, 9.17) is 15.6 Å². The lowest BCUT2D eigenvalue weighted by atomic mass is 9.77. The molecular formula is C32H35F5N2O4. The SMILES string of the molecule is CC(F)(F)CN1CCC(C(N)=O)(C(F)(F)F)CC1.O=C(O)CCc1cccc2c(-c3cccc4c3OCCC4)cccc12. The summed E-state index contributed by atoms with van der Waals surface area (Å²) in [6, 6.07) is 18.7. The number of benzene rings is 3. The third kappa shape index (κ3) is 7.44. The topological polar surface area (TPSA) is 92.9 Å². The van der Waals surface area contributed by atoms with Crippen LogP contribution in [0.4, 0.5) is 22.0 Å². The van der Waals surface area contributed by atoms with Gasteiger partial charge in [-0.05, 0) is 72.7 Å². The Kier molecular flexibility index (Phi) is 9.63. The lowest BCUT2D eigenvalue weighted by Crippen LogP contribution is -2.56. The quantitative estimate of drug-likeness (QED) is 0.295. The predicted octanol–water partition coefficient (Wildman–Crippen LogP) is 6.62. The molecule has 2 heterocycles. The number of halogens is 5. The molecule has 2 aliphatic heterocycles. The van der Waals surface area contributed by atoms with Crippen LogP contribution in [-0.4, -0.2) is 60.2 Å². The first-order valence-corrected chi connectivity index (χ1v) is 14.2. The highest BCUT2D eigenvalue weighted by molar-refractivity contribution is 6.00. The molecule has 3 aromatic rings. The molecule has 11 heteroatoms. The zero-order valence-electron chi connectivity index (χ0n) is 23.9. The van der Waals surface area contributed by atoms with Gasteiger partial charge < -0.3 is 15.6 Å². The highest BCUT2D eigenvalue weighted by atomic mass is 19.4. The Hall–Kier alpha value is -3.73. The van der Waals surface area contributed by atoms with Crippen LogP contribution in [0, 0.1) is 5.41 Å². The molecule has 5 rings (SSSR count). The molecule has 2 aliphatic rings. The summed E-state index contributed by atoms with van der Waals surface area (Å²) in [5.74, 6) is -4.17. The molecule has 0 unspecified atom stereocenters. The number of amides is 1. The Morgan fingerprint density at radius 3 is 2.21 bits per heavy atom. The number of primary amides is 1. The van der Waals surface area contributed by atoms with Crippen molar-refractivity contribution in [2.45, 2.75) is 57.5 Å². The molecule has 0 bridgehead atoms. The van der Waals surface area contributed by atoms with Crippen LogP contribution in [0.2, 0.25) is 0 Å². The standard InChI is InChI=1S/C22H20O3.C10H15F5N2O/c23-21(24)13-12-15-5-1-9-18-17(15)8-3-10-19(18)20-11-2-6-16-7-4-14-25-22(16)20;1-8(11,12)6-17-4-2-9(3-5-17,7(16)18)10(13,14)15/h1-3,5-6,8-11H,4,7,12-14H2,(H,23,24);2-6H2,1H3,(H2,16,18). The summed E-state index contributed by atoms with van der Waals surface area (Å²) in [4.78, 5) is 23.2. The van der Waals surface area contributed by atoms with Crippen LogP contribution in [0.3, 0.4) is 0 Å². The summed E-state index contributed by atoms with van der Waals surface area (Å²) in [5.41, 5.74) is 6.87. The van der Waals surface area contributed by atoms with Crippen molar-refractivity contribution < 1.29 is 41.4 Å². The van der Waals surface area contributed by atoms with Crippen molar-refractivity contribution in [3.05, 3.63) is 65.7 Å². The van der Waals surface area contributed by atoms with Gasteiger partial charge in [-0.1, -0.05) is 54.6 Å². The Morgan fingerprint density at radius 2 is 1.58 bits per heavy atom. The number of hydrogen-bond donors (Lipinski definition) is 2. The lowest BCUT2D eigenvalue weighted by Gasteiger charge is -2.41. The second-order valence-electron chi connectivity index (χ2n) is 11.2. The third-order valence-electron chi connectivity index (χ3n) is 8.07. The van der Waals surface area contributed by atoms with Crippen molar-refractivity contribution in [3.8, 4) is 16.9 Å². The van der Waals surface area contributed by atoms with Gasteiger partial charge in [0, 0.05) is 18.9 Å². The number of hydrogen-bond acceptors (Lipinski definition) is 4. The predicted molar refractivity (Wildman–Crippen MR) is 153 cm³/mol. The molecule has 6 nitrogen and oxygen atoms in total. The fourth-order valence-corrected chi connectivity index (χ4v) is 5.83. The second kappa shape index (κ2) is 12.9. The fraction of sp³-hybridized carbons (Fsp3) is 0.438. The number of carboxylic acid groups (broad SMARTS) is 1. The number of para-hydroxylation sites is 1. The summed E-state index contributed by atoms with van der Waals surface area (Å²) < 4.78 is 70.0. The molecule has 0 saturated carbocycles. The Bertz CT molecular complexity index is 1460. The Balaban J connectivity index is 0.000000209. The zero-order valence-corrected chi connectivity index (χ0v) is 23.9. The molecule has 1 saturated heterocycles. The van der Waals surface area contributed by atoms with Crippen LogP contribution in [0.5, 0.6) is 5.75 Å². The van der Waals surface area contributed by atoms with E-state index in [1.165, 1.54) is 10.5 Å². The third-order valence-corrected chi connectivity index (χ3v) is 8.07. The van der Waals surface area contributed by atoms with Crippen LogP contribution in [-0.2, 0) is 22.4 Å². The molecule has 1 amide bonds. The van der Waals surface area contributed by atoms with E-state index < -0.39 is 48.8 Å². The molecule has 0 aliphatic carbocycles. The summed E-state index contributed by atoms with van der Waals surface area (Å²) in [5, 5.41) is 11.3. The van der Waals surface area contributed by atoms with Crippen LogP contribution in [0.1, 0.15) is 43.7 Å². The van der Waals surface area contributed by atoms with E-state index in [0.29, 0.717) is 13.3 Å². The molecule has 3 N–H and O–H groups in total. The van der Waals surface area contributed by atoms with Gasteiger partial charge in [0.1, 0.15) is 11.2 Å². The van der Waals surface area contributed by atoms with E-state index in [0.717, 1.165) is 52.7 Å². The van der Waals surface area contributed by atoms with Crippen LogP contribution in [0.25, 0.3) is 21.9 Å². The Labute approximate surface area is 246 Å². The highest BCUT2D eigenvalue weighted by Gasteiger charge is 2.60. The largest absolute Gasteiger partial charge is 0.493 e. The number of carboxylic acids is 1. The van der Waals surface area contributed by atoms with Gasteiger partial charge in [-0.15, -0.1) is 0 Å². The van der Waals surface area contributed by atoms with Crippen LogP contribution < -0.4 is 10.5 Å². The molecule has 232 valence electrons. The first kappa shape index (κ1) is 32.2. The average molecular weight is 607 g/mol. The second-order valence-corrected chi connectivity index (χ2v) is 11.2. The molecule has 1 fully saturated rings. The van der Waals surface area contributed by atoms with Crippen molar-refractivity contribution >= 4 is 22.6 Å². The van der Waals surface area contributed by atoms with Gasteiger partial charge in [0.15, 0.2) is 0 Å². The van der Waals surface area contributed by atoms with Gasteiger partial charge in [0.25, 0.3) is 5.92 Å². The monoisotopic (exact) mass is 606 g/mol. The normalized spacial score (nSPS) is 16.9. The number of fused-ring (bicyclic) bond motifs is 2. The van der Waals surface area contributed by atoms with Gasteiger partial charge >= 0.3 is 12.1 Å². The van der Waals surface area contributed by atoms with Crippen molar-refractivity contribution in [1.29, 1.82) is 0 Å². The minimum atomic E-state index is -4.74. The Morgan fingerprint density at radius 1 is 0.953 bits per heavy atom. The molecule has 0 spiro atoms. The first-order valence-electron chi connectivity index (χ1n) is 14.2. The van der Waals surface area contributed by atoms with Gasteiger partial charge in [0.05, 0.1) is 13.2 Å². The number of alkyl halides is 5. The van der Waals surface area contributed by atoms with Gasteiger partial charge in [0.2, 0.25) is 5.91 Å². The van der Waals surface area contributed by atoms with E-state index in [2.05, 4.69) is 36.4 Å². The number of nitrogens with zero attached hydrogens (tertiary/aromatic N) is 1. The number of likely N-dealkylation sites (tertiary alicyclic amines) is 1. The van der Waals surface area contributed by atoms with E-state index in [-0.39, 0.29) is 19.5 Å². The number of carbonyl (C=O) groups excluding carboxylic acids is 1. The average Bonchev–Trinajstić information content (AvgIpc) is 2.94. The van der Waals surface area contributed by atoms with E-state index >= 15 is 0 Å². The van der Waals surface area contributed by atoms with Crippen molar-refractivity contribution in [1.82, 2.24) is 4.90 Å². The van der Waals surface area contributed by atoms with E-state index in [1.54, 1.807) is 0 Å². The minimum Gasteiger partial charge on any atom is -0.493 e. The number of aliphatic carboxylic acids is 1. The molecule has 0 aromatic heterocycles. The maximum Gasteiger partial charge on any atom is 0.403 e. The minimum absolute atomic E-state index is 0.146. The van der Waals surface area contributed by atoms with Gasteiger partial charge in [-0.25, -0.2) is 8.78 Å². The smallest absolute Gasteiger partial charge is 0.403 e. The van der Waals surface area contributed by atoms with Crippen molar-refractivity contribution in [2.75, 3.05) is 26.2 Å². The number of aryl methyl sites for hydroxylation is 2. The number of carbonyl (C=O) groups is 2. The molecule has 0 atom stereocenters. The first-order chi connectivity index (χ1) is 20.2. The number of piperidine rings is 1. The molecule has 0 radical (unpaired) electrons. The number of rotatable bonds is 7. The summed E-state index contributed by atoms with van der Waals surface area (Å²) in [6.07, 6.45) is -3.07. The maximum atomic E-state index is 12.8. The fourth-order valence-electron chi connectivity index (χ4n) is 5.83. The lowest BCUT2D eigenvalue weighted by molar-refractivity contribution is -0.232. The van der Waals surface area contributed by atoms with Crippen LogP contribution >= 0.6 is 0 Å². The van der Waals surface area contributed by atoms with Gasteiger partial charge in [-0.2, -0.15) is 13.2 Å². The summed E-state index contributed by atoms with van der Waals surface area (Å²) >= 11 is 0. The molecule has 43 heavy (non-hydrogen) atoms.